The van der Waals surface area contributed by atoms with Crippen molar-refractivity contribution in [3.63, 3.8) is 0 Å². The molecule has 0 aromatic heterocycles. The summed E-state index contributed by atoms with van der Waals surface area (Å²) in [6.45, 7) is 4.34. The van der Waals surface area contributed by atoms with Crippen LogP contribution in [0.4, 0.5) is 0 Å². The molecule has 116 valence electrons. The van der Waals surface area contributed by atoms with Crippen LogP contribution in [-0.2, 0) is 11.3 Å². The second-order valence-corrected chi connectivity index (χ2v) is 6.11. The van der Waals surface area contributed by atoms with Crippen LogP contribution in [0.2, 0.25) is 0 Å². The molecule has 1 heterocycles. The summed E-state index contributed by atoms with van der Waals surface area (Å²) in [7, 11) is 2.16. The largest absolute Gasteiger partial charge is 0.492 e. The normalized spacial score (nSPS) is 21.9. The first kappa shape index (κ1) is 14.8. The Morgan fingerprint density at radius 1 is 1.29 bits per heavy atom. The van der Waals surface area contributed by atoms with Crippen molar-refractivity contribution in [3.8, 4) is 5.75 Å². The molecule has 1 aromatic rings. The molecule has 1 unspecified atom stereocenters. The second-order valence-electron chi connectivity index (χ2n) is 6.11. The lowest BCUT2D eigenvalue weighted by atomic mass is 10.2. The number of nitrogens with one attached hydrogen (secondary N) is 1. The van der Waals surface area contributed by atoms with E-state index in [0.717, 1.165) is 51.1 Å². The molecule has 1 saturated carbocycles. The number of benzene rings is 1. The molecule has 21 heavy (non-hydrogen) atoms. The number of para-hydroxylation sites is 1. The first-order chi connectivity index (χ1) is 10.3. The van der Waals surface area contributed by atoms with E-state index in [1.54, 1.807) is 0 Å². The van der Waals surface area contributed by atoms with E-state index in [9.17, 15) is 0 Å². The van der Waals surface area contributed by atoms with E-state index in [-0.39, 0.29) is 0 Å². The molecule has 1 aliphatic carbocycles. The Kier molecular flexibility index (Phi) is 5.12. The van der Waals surface area contributed by atoms with Crippen LogP contribution in [0.15, 0.2) is 24.3 Å². The van der Waals surface area contributed by atoms with Crippen molar-refractivity contribution in [3.05, 3.63) is 29.8 Å². The number of ether oxygens (including phenoxy) is 2. The number of likely N-dealkylation sites (N-methyl/N-ethyl adjacent to an activating group) is 1. The van der Waals surface area contributed by atoms with Gasteiger partial charge in [0.1, 0.15) is 12.4 Å². The van der Waals surface area contributed by atoms with Crippen molar-refractivity contribution in [1.82, 2.24) is 10.2 Å². The Morgan fingerprint density at radius 2 is 2.14 bits per heavy atom. The lowest BCUT2D eigenvalue weighted by molar-refractivity contribution is 0.146. The highest BCUT2D eigenvalue weighted by Crippen LogP contribution is 2.22. The molecule has 1 atom stereocenters. The van der Waals surface area contributed by atoms with Gasteiger partial charge in [-0.05, 0) is 32.4 Å². The van der Waals surface area contributed by atoms with Crippen molar-refractivity contribution < 1.29 is 9.47 Å². The van der Waals surface area contributed by atoms with E-state index >= 15 is 0 Å². The van der Waals surface area contributed by atoms with Gasteiger partial charge < -0.3 is 14.8 Å². The molecular weight excluding hydrogens is 264 g/mol. The van der Waals surface area contributed by atoms with Gasteiger partial charge in [-0.3, -0.25) is 4.90 Å². The smallest absolute Gasteiger partial charge is 0.123 e. The average Bonchev–Trinajstić information content (AvgIpc) is 3.17. The highest BCUT2D eigenvalue weighted by atomic mass is 16.5. The van der Waals surface area contributed by atoms with E-state index in [2.05, 4.69) is 35.5 Å². The van der Waals surface area contributed by atoms with Crippen molar-refractivity contribution in [1.29, 1.82) is 0 Å². The van der Waals surface area contributed by atoms with Gasteiger partial charge in [0.05, 0.1) is 6.61 Å². The Balaban J connectivity index is 1.45. The molecule has 0 amide bonds. The average molecular weight is 290 g/mol. The molecule has 2 aliphatic rings. The Morgan fingerprint density at radius 3 is 2.90 bits per heavy atom. The second kappa shape index (κ2) is 7.25. The van der Waals surface area contributed by atoms with Crippen LogP contribution in [0.1, 0.15) is 24.8 Å². The summed E-state index contributed by atoms with van der Waals surface area (Å²) in [5, 5.41) is 3.55. The monoisotopic (exact) mass is 290 g/mol. The van der Waals surface area contributed by atoms with Crippen LogP contribution in [0.3, 0.4) is 0 Å². The number of nitrogens with zero attached hydrogens (tertiary/aromatic N) is 1. The number of rotatable bonds is 8. The van der Waals surface area contributed by atoms with Gasteiger partial charge in [-0.2, -0.15) is 0 Å². The van der Waals surface area contributed by atoms with Gasteiger partial charge in [0.2, 0.25) is 0 Å². The van der Waals surface area contributed by atoms with Crippen LogP contribution in [0.25, 0.3) is 0 Å². The van der Waals surface area contributed by atoms with E-state index in [4.69, 9.17) is 9.47 Å². The SMILES string of the molecule is CN(CCOc1ccccc1CNC1CC1)C1CCOC1. The zero-order chi connectivity index (χ0) is 14.5. The maximum absolute atomic E-state index is 6.00. The van der Waals surface area contributed by atoms with Crippen molar-refractivity contribution in [2.45, 2.75) is 37.9 Å². The fourth-order valence-electron chi connectivity index (χ4n) is 2.68. The first-order valence-electron chi connectivity index (χ1n) is 8.05. The highest BCUT2D eigenvalue weighted by molar-refractivity contribution is 5.33. The highest BCUT2D eigenvalue weighted by Gasteiger charge is 2.21. The third-order valence-corrected chi connectivity index (χ3v) is 4.36. The molecule has 3 rings (SSSR count). The van der Waals surface area contributed by atoms with E-state index < -0.39 is 0 Å². The standard InChI is InChI=1S/C17H26N2O2/c1-19(16-8-10-20-13-16)9-11-21-17-5-3-2-4-14(17)12-18-15-6-7-15/h2-5,15-16,18H,6-13H2,1H3. The third kappa shape index (κ3) is 4.43. The van der Waals surface area contributed by atoms with Gasteiger partial charge >= 0.3 is 0 Å². The molecule has 1 N–H and O–H groups in total. The fourth-order valence-corrected chi connectivity index (χ4v) is 2.68. The molecule has 1 saturated heterocycles. The summed E-state index contributed by atoms with van der Waals surface area (Å²) in [6, 6.07) is 9.64. The Hall–Kier alpha value is -1.10. The van der Waals surface area contributed by atoms with Gasteiger partial charge in [-0.15, -0.1) is 0 Å². The predicted molar refractivity (Wildman–Crippen MR) is 83.7 cm³/mol. The van der Waals surface area contributed by atoms with Crippen LogP contribution < -0.4 is 10.1 Å². The van der Waals surface area contributed by atoms with Crippen molar-refractivity contribution >= 4 is 0 Å². The minimum absolute atomic E-state index is 0.556. The molecule has 2 fully saturated rings. The third-order valence-electron chi connectivity index (χ3n) is 4.36. The van der Waals surface area contributed by atoms with Crippen molar-refractivity contribution in [2.75, 3.05) is 33.4 Å². The quantitative estimate of drug-likeness (QED) is 0.794. The van der Waals surface area contributed by atoms with Crippen molar-refractivity contribution in [2.24, 2.45) is 0 Å². The van der Waals surface area contributed by atoms with E-state index in [1.165, 1.54) is 18.4 Å². The molecule has 0 bridgehead atoms. The summed E-state index contributed by atoms with van der Waals surface area (Å²) in [6.07, 6.45) is 3.77. The maximum Gasteiger partial charge on any atom is 0.123 e. The summed E-state index contributed by atoms with van der Waals surface area (Å²) in [5.74, 6) is 1.02. The molecule has 1 aromatic carbocycles. The Labute approximate surface area is 127 Å². The lowest BCUT2D eigenvalue weighted by Gasteiger charge is -2.23. The van der Waals surface area contributed by atoms with E-state index in [1.807, 2.05) is 6.07 Å². The van der Waals surface area contributed by atoms with Crippen LogP contribution in [0, 0.1) is 0 Å². The minimum atomic E-state index is 0.556. The summed E-state index contributed by atoms with van der Waals surface area (Å²) >= 11 is 0. The zero-order valence-corrected chi connectivity index (χ0v) is 12.9. The number of hydrogen-bond donors (Lipinski definition) is 1. The van der Waals surface area contributed by atoms with Gasteiger partial charge in [0.25, 0.3) is 0 Å². The van der Waals surface area contributed by atoms with Gasteiger partial charge in [-0.25, -0.2) is 0 Å². The van der Waals surface area contributed by atoms with Gasteiger partial charge in [0.15, 0.2) is 0 Å². The van der Waals surface area contributed by atoms with Crippen LogP contribution in [-0.4, -0.2) is 50.4 Å². The maximum atomic E-state index is 6.00. The lowest BCUT2D eigenvalue weighted by Crippen LogP contribution is -2.35. The van der Waals surface area contributed by atoms with Gasteiger partial charge in [0, 0.05) is 37.3 Å². The minimum Gasteiger partial charge on any atom is -0.492 e. The molecule has 0 radical (unpaired) electrons. The molecule has 4 heteroatoms. The van der Waals surface area contributed by atoms with Gasteiger partial charge in [-0.1, -0.05) is 18.2 Å². The Bertz CT molecular complexity index is 442. The first-order valence-corrected chi connectivity index (χ1v) is 8.05. The summed E-state index contributed by atoms with van der Waals surface area (Å²) < 4.78 is 11.4. The number of hydrogen-bond acceptors (Lipinski definition) is 4. The predicted octanol–water partition coefficient (Wildman–Crippen LogP) is 2.04. The summed E-state index contributed by atoms with van der Waals surface area (Å²) in [4.78, 5) is 2.35. The molecule has 1 aliphatic heterocycles. The fraction of sp³-hybridized carbons (Fsp3) is 0.647. The molecule has 4 nitrogen and oxygen atoms in total. The summed E-state index contributed by atoms with van der Waals surface area (Å²) in [5.41, 5.74) is 1.26. The molecular formula is C17H26N2O2. The topological polar surface area (TPSA) is 33.7 Å². The van der Waals surface area contributed by atoms with Crippen LogP contribution in [0.5, 0.6) is 5.75 Å². The van der Waals surface area contributed by atoms with E-state index in [0.29, 0.717) is 6.04 Å². The zero-order valence-electron chi connectivity index (χ0n) is 12.9. The van der Waals surface area contributed by atoms with Crippen LogP contribution >= 0.6 is 0 Å². The molecule has 0 spiro atoms.